The summed E-state index contributed by atoms with van der Waals surface area (Å²) in [5.74, 6) is -0.871. The summed E-state index contributed by atoms with van der Waals surface area (Å²) in [6.45, 7) is 4.52. The van der Waals surface area contributed by atoms with E-state index in [1.54, 1.807) is 26.0 Å². The van der Waals surface area contributed by atoms with Gasteiger partial charge in [0, 0.05) is 6.54 Å². The Balaban J connectivity index is 2.06. The fourth-order valence-corrected chi connectivity index (χ4v) is 2.56. The molecular formula is C20H24F2N2O3. The van der Waals surface area contributed by atoms with E-state index in [4.69, 9.17) is 9.47 Å². The maximum Gasteiger partial charge on any atom is 0.241 e. The van der Waals surface area contributed by atoms with E-state index in [-0.39, 0.29) is 0 Å². The second-order valence-electron chi connectivity index (χ2n) is 6.10. The molecule has 0 radical (unpaired) electrons. The lowest BCUT2D eigenvalue weighted by atomic mass is 10.1. The first-order valence-electron chi connectivity index (χ1n) is 8.62. The molecule has 2 aromatic rings. The molecule has 146 valence electrons. The van der Waals surface area contributed by atoms with Crippen LogP contribution in [0.5, 0.6) is 11.5 Å². The second kappa shape index (κ2) is 9.32. The third-order valence-electron chi connectivity index (χ3n) is 4.21. The Morgan fingerprint density at radius 2 is 1.85 bits per heavy atom. The molecular weight excluding hydrogens is 354 g/mol. The number of carbonyl (C=O) groups excluding carboxylic acids is 1. The highest BCUT2D eigenvalue weighted by Gasteiger charge is 2.21. The van der Waals surface area contributed by atoms with Crippen molar-refractivity contribution in [3.8, 4) is 11.5 Å². The first-order valence-corrected chi connectivity index (χ1v) is 8.62. The van der Waals surface area contributed by atoms with Crippen LogP contribution in [0.2, 0.25) is 0 Å². The molecule has 0 bridgehead atoms. The minimum absolute atomic E-state index is 0.439. The lowest BCUT2D eigenvalue weighted by molar-refractivity contribution is -0.120. The molecule has 0 aliphatic carbocycles. The van der Waals surface area contributed by atoms with Crippen molar-refractivity contribution in [1.82, 2.24) is 4.90 Å². The second-order valence-corrected chi connectivity index (χ2v) is 6.10. The van der Waals surface area contributed by atoms with Gasteiger partial charge in [-0.15, -0.1) is 0 Å². The number of likely N-dealkylation sites (N-methyl/N-ethyl adjacent to an activating group) is 1. The summed E-state index contributed by atoms with van der Waals surface area (Å²) in [4.78, 5) is 14.1. The molecule has 1 amide bonds. The van der Waals surface area contributed by atoms with Crippen molar-refractivity contribution in [2.24, 2.45) is 0 Å². The van der Waals surface area contributed by atoms with E-state index in [1.807, 2.05) is 25.1 Å². The molecule has 0 aliphatic heterocycles. The normalized spacial score (nSPS) is 12.0. The van der Waals surface area contributed by atoms with Gasteiger partial charge in [0.2, 0.25) is 5.91 Å². The summed E-state index contributed by atoms with van der Waals surface area (Å²) in [7, 11) is 3.31. The average molecular weight is 378 g/mol. The zero-order valence-electron chi connectivity index (χ0n) is 15.9. The maximum atomic E-state index is 13.7. The van der Waals surface area contributed by atoms with Crippen molar-refractivity contribution < 1.29 is 23.0 Å². The van der Waals surface area contributed by atoms with Crippen LogP contribution in [-0.2, 0) is 11.3 Å². The zero-order chi connectivity index (χ0) is 20.0. The summed E-state index contributed by atoms with van der Waals surface area (Å²) >= 11 is 0. The van der Waals surface area contributed by atoms with E-state index in [0.29, 0.717) is 24.7 Å². The molecule has 1 N–H and O–H groups in total. The number of rotatable bonds is 8. The number of halogens is 2. The highest BCUT2D eigenvalue weighted by Crippen LogP contribution is 2.28. The van der Waals surface area contributed by atoms with E-state index in [1.165, 1.54) is 6.07 Å². The Morgan fingerprint density at radius 1 is 1.19 bits per heavy atom. The van der Waals surface area contributed by atoms with Crippen molar-refractivity contribution in [2.75, 3.05) is 26.1 Å². The van der Waals surface area contributed by atoms with E-state index < -0.39 is 29.3 Å². The van der Waals surface area contributed by atoms with Gasteiger partial charge in [0.05, 0.1) is 19.8 Å². The number of carbonyl (C=O) groups is 1. The van der Waals surface area contributed by atoms with E-state index in [9.17, 15) is 13.6 Å². The summed E-state index contributed by atoms with van der Waals surface area (Å²) in [5, 5.41) is 2.32. The molecule has 0 aliphatic rings. The van der Waals surface area contributed by atoms with Gasteiger partial charge < -0.3 is 14.8 Å². The fourth-order valence-electron chi connectivity index (χ4n) is 2.56. The van der Waals surface area contributed by atoms with Crippen LogP contribution in [0.3, 0.4) is 0 Å². The van der Waals surface area contributed by atoms with Crippen LogP contribution in [0.1, 0.15) is 19.4 Å². The van der Waals surface area contributed by atoms with Crippen LogP contribution < -0.4 is 14.8 Å². The minimum Gasteiger partial charge on any atom is -0.493 e. The Bertz CT molecular complexity index is 779. The summed E-state index contributed by atoms with van der Waals surface area (Å²) < 4.78 is 38.2. The van der Waals surface area contributed by atoms with Crippen LogP contribution >= 0.6 is 0 Å². The van der Waals surface area contributed by atoms with E-state index >= 15 is 0 Å². The van der Waals surface area contributed by atoms with Crippen molar-refractivity contribution >= 4 is 11.6 Å². The number of hydrogen-bond donors (Lipinski definition) is 1. The van der Waals surface area contributed by atoms with Crippen LogP contribution in [0.15, 0.2) is 36.4 Å². The predicted molar refractivity (Wildman–Crippen MR) is 100 cm³/mol. The van der Waals surface area contributed by atoms with Gasteiger partial charge in [0.25, 0.3) is 0 Å². The molecule has 7 heteroatoms. The van der Waals surface area contributed by atoms with Gasteiger partial charge >= 0.3 is 0 Å². The molecule has 27 heavy (non-hydrogen) atoms. The van der Waals surface area contributed by atoms with E-state index in [0.717, 1.165) is 17.7 Å². The number of ether oxygens (including phenoxy) is 2. The minimum atomic E-state index is -0.811. The highest BCUT2D eigenvalue weighted by atomic mass is 19.1. The number of methoxy groups -OCH3 is 1. The SMILES string of the molecule is CCOc1ccc(CN(C)C(C)C(=O)Nc2c(F)cccc2F)cc1OC. The third kappa shape index (κ3) is 5.17. The Morgan fingerprint density at radius 3 is 2.44 bits per heavy atom. The standard InChI is InChI=1S/C20H24F2N2O3/c1-5-27-17-10-9-14(11-18(17)26-4)12-24(3)13(2)20(25)23-19-15(21)7-6-8-16(19)22/h6-11,13H,5,12H2,1-4H3,(H,23,25). The van der Waals surface area contributed by atoms with Gasteiger partial charge in [-0.2, -0.15) is 0 Å². The third-order valence-corrected chi connectivity index (χ3v) is 4.21. The Hall–Kier alpha value is -2.67. The monoisotopic (exact) mass is 378 g/mol. The largest absolute Gasteiger partial charge is 0.493 e. The molecule has 1 atom stereocenters. The van der Waals surface area contributed by atoms with Gasteiger partial charge in [-0.1, -0.05) is 12.1 Å². The van der Waals surface area contributed by atoms with Gasteiger partial charge in [-0.05, 0) is 50.7 Å². The molecule has 0 aromatic heterocycles. The van der Waals surface area contributed by atoms with Crippen LogP contribution in [0.25, 0.3) is 0 Å². The number of nitrogens with one attached hydrogen (secondary N) is 1. The van der Waals surface area contributed by atoms with Crippen LogP contribution in [0.4, 0.5) is 14.5 Å². The van der Waals surface area contributed by atoms with Gasteiger partial charge in [-0.25, -0.2) is 8.78 Å². The van der Waals surface area contributed by atoms with Gasteiger partial charge in [-0.3, -0.25) is 9.69 Å². The quantitative estimate of drug-likeness (QED) is 0.759. The Labute approximate surface area is 157 Å². The molecule has 2 rings (SSSR count). The molecule has 0 saturated heterocycles. The predicted octanol–water partition coefficient (Wildman–Crippen LogP) is 3.83. The molecule has 0 saturated carbocycles. The fraction of sp³-hybridized carbons (Fsp3) is 0.350. The molecule has 1 unspecified atom stereocenters. The number of nitrogens with zero attached hydrogens (tertiary/aromatic N) is 1. The Kier molecular flexibility index (Phi) is 7.12. The van der Waals surface area contributed by atoms with Crippen molar-refractivity contribution in [1.29, 1.82) is 0 Å². The number of anilines is 1. The lowest BCUT2D eigenvalue weighted by Crippen LogP contribution is -2.39. The first-order chi connectivity index (χ1) is 12.9. The zero-order valence-corrected chi connectivity index (χ0v) is 15.9. The number of para-hydroxylation sites is 1. The summed E-state index contributed by atoms with van der Waals surface area (Å²) in [5.41, 5.74) is 0.472. The highest BCUT2D eigenvalue weighted by molar-refractivity contribution is 5.94. The average Bonchev–Trinajstić information content (AvgIpc) is 2.65. The first kappa shape index (κ1) is 20.6. The van der Waals surface area contributed by atoms with Crippen molar-refractivity contribution in [3.05, 3.63) is 53.6 Å². The number of benzene rings is 2. The summed E-state index contributed by atoms with van der Waals surface area (Å²) in [6, 6.07) is 8.36. The van der Waals surface area contributed by atoms with Crippen LogP contribution in [0, 0.1) is 11.6 Å². The molecule has 5 nitrogen and oxygen atoms in total. The molecule has 0 fully saturated rings. The molecule has 0 heterocycles. The van der Waals surface area contributed by atoms with E-state index in [2.05, 4.69) is 5.32 Å². The lowest BCUT2D eigenvalue weighted by Gasteiger charge is -2.24. The molecule has 0 spiro atoms. The van der Waals surface area contributed by atoms with Gasteiger partial charge in [0.15, 0.2) is 11.5 Å². The van der Waals surface area contributed by atoms with Crippen LogP contribution in [-0.4, -0.2) is 37.6 Å². The summed E-state index contributed by atoms with van der Waals surface area (Å²) in [6.07, 6.45) is 0. The maximum absolute atomic E-state index is 13.7. The van der Waals surface area contributed by atoms with Gasteiger partial charge in [0.1, 0.15) is 17.3 Å². The van der Waals surface area contributed by atoms with Crippen molar-refractivity contribution in [2.45, 2.75) is 26.4 Å². The topological polar surface area (TPSA) is 50.8 Å². The van der Waals surface area contributed by atoms with Crippen molar-refractivity contribution in [3.63, 3.8) is 0 Å². The smallest absolute Gasteiger partial charge is 0.241 e. The number of hydrogen-bond acceptors (Lipinski definition) is 4. The molecule has 2 aromatic carbocycles. The number of amides is 1.